The number of carboxylic acids is 2. The molecular weight excluding hydrogens is 184 g/mol. The molecule has 4 heteroatoms. The van der Waals surface area contributed by atoms with Gasteiger partial charge >= 0.3 is 11.9 Å². The number of aliphatic carboxylic acids is 2. The third kappa shape index (κ3) is 5.35. The van der Waals surface area contributed by atoms with E-state index in [9.17, 15) is 9.59 Å². The summed E-state index contributed by atoms with van der Waals surface area (Å²) < 4.78 is 0. The van der Waals surface area contributed by atoms with E-state index >= 15 is 0 Å². The molecule has 1 unspecified atom stereocenters. The van der Waals surface area contributed by atoms with Crippen molar-refractivity contribution in [1.29, 1.82) is 0 Å². The van der Waals surface area contributed by atoms with Crippen LogP contribution >= 0.6 is 0 Å². The molecule has 14 heavy (non-hydrogen) atoms. The van der Waals surface area contributed by atoms with Crippen molar-refractivity contribution >= 4 is 11.9 Å². The zero-order valence-corrected chi connectivity index (χ0v) is 8.49. The lowest BCUT2D eigenvalue weighted by Crippen LogP contribution is -2.08. The van der Waals surface area contributed by atoms with Crippen molar-refractivity contribution < 1.29 is 19.8 Å². The molecule has 80 valence electrons. The van der Waals surface area contributed by atoms with E-state index in [1.165, 1.54) is 0 Å². The first kappa shape index (κ1) is 12.7. The standard InChI is InChI=1S/C10H16O4/c1-3-4-7(2)5-8(10(13)14)6-9(11)12/h6-7H,3-5H2,1-2H3,(H,11,12)(H,13,14). The van der Waals surface area contributed by atoms with E-state index in [-0.39, 0.29) is 11.5 Å². The van der Waals surface area contributed by atoms with Gasteiger partial charge in [0.25, 0.3) is 0 Å². The first-order chi connectivity index (χ1) is 6.47. The number of carbonyl (C=O) groups is 2. The van der Waals surface area contributed by atoms with E-state index in [1.807, 2.05) is 13.8 Å². The predicted octanol–water partition coefficient (Wildman–Crippen LogP) is 1.91. The van der Waals surface area contributed by atoms with Gasteiger partial charge in [0.2, 0.25) is 0 Å². The fraction of sp³-hybridized carbons (Fsp3) is 0.600. The highest BCUT2D eigenvalue weighted by molar-refractivity contribution is 5.94. The van der Waals surface area contributed by atoms with Gasteiger partial charge in [-0.25, -0.2) is 9.59 Å². The normalized spacial score (nSPS) is 13.7. The van der Waals surface area contributed by atoms with Crippen LogP contribution in [0.2, 0.25) is 0 Å². The third-order valence-electron chi connectivity index (χ3n) is 1.92. The van der Waals surface area contributed by atoms with Gasteiger partial charge in [-0.15, -0.1) is 0 Å². The van der Waals surface area contributed by atoms with Crippen LogP contribution < -0.4 is 0 Å². The first-order valence-corrected chi connectivity index (χ1v) is 4.64. The van der Waals surface area contributed by atoms with Crippen LogP contribution in [-0.2, 0) is 9.59 Å². The Hall–Kier alpha value is -1.32. The second kappa shape index (κ2) is 6.18. The molecule has 0 aromatic carbocycles. The second-order valence-electron chi connectivity index (χ2n) is 3.41. The lowest BCUT2D eigenvalue weighted by atomic mass is 9.97. The van der Waals surface area contributed by atoms with Gasteiger partial charge in [-0.2, -0.15) is 0 Å². The molecule has 0 bridgehead atoms. The molecule has 0 rings (SSSR count). The number of hydrogen-bond acceptors (Lipinski definition) is 2. The van der Waals surface area contributed by atoms with E-state index in [4.69, 9.17) is 10.2 Å². The van der Waals surface area contributed by atoms with Gasteiger partial charge in [-0.1, -0.05) is 26.7 Å². The molecule has 0 aromatic heterocycles. The molecule has 0 aromatic rings. The van der Waals surface area contributed by atoms with Crippen LogP contribution in [0.5, 0.6) is 0 Å². The predicted molar refractivity (Wildman–Crippen MR) is 52.0 cm³/mol. The summed E-state index contributed by atoms with van der Waals surface area (Å²) in [7, 11) is 0. The maximum Gasteiger partial charge on any atom is 0.331 e. The van der Waals surface area contributed by atoms with Crippen LogP contribution in [0.4, 0.5) is 0 Å². The van der Waals surface area contributed by atoms with Gasteiger partial charge in [0.05, 0.1) is 0 Å². The summed E-state index contributed by atoms with van der Waals surface area (Å²) in [6.07, 6.45) is 2.97. The quantitative estimate of drug-likeness (QED) is 0.642. The van der Waals surface area contributed by atoms with Crippen molar-refractivity contribution in [3.8, 4) is 0 Å². The molecule has 4 nitrogen and oxygen atoms in total. The molecule has 0 aliphatic rings. The highest BCUT2D eigenvalue weighted by atomic mass is 16.4. The summed E-state index contributed by atoms with van der Waals surface area (Å²) >= 11 is 0. The number of carboxylic acid groups (broad SMARTS) is 2. The SMILES string of the molecule is CCCC(C)CC(=CC(=O)O)C(=O)O. The monoisotopic (exact) mass is 200 g/mol. The number of rotatable bonds is 6. The Balaban J connectivity index is 4.38. The van der Waals surface area contributed by atoms with E-state index in [2.05, 4.69) is 0 Å². The second-order valence-corrected chi connectivity index (χ2v) is 3.41. The molecule has 0 radical (unpaired) electrons. The van der Waals surface area contributed by atoms with Crippen molar-refractivity contribution in [1.82, 2.24) is 0 Å². The van der Waals surface area contributed by atoms with E-state index in [1.54, 1.807) is 0 Å². The van der Waals surface area contributed by atoms with Gasteiger partial charge in [0, 0.05) is 11.6 Å². The largest absolute Gasteiger partial charge is 0.478 e. The molecule has 0 aliphatic heterocycles. The van der Waals surface area contributed by atoms with Gasteiger partial charge in [0.1, 0.15) is 0 Å². The summed E-state index contributed by atoms with van der Waals surface area (Å²) in [5, 5.41) is 17.1. The van der Waals surface area contributed by atoms with Crippen LogP contribution in [0, 0.1) is 5.92 Å². The van der Waals surface area contributed by atoms with Gasteiger partial charge in [-0.3, -0.25) is 0 Å². The Morgan fingerprint density at radius 3 is 2.29 bits per heavy atom. The van der Waals surface area contributed by atoms with E-state index in [0.717, 1.165) is 18.9 Å². The Bertz CT molecular complexity index is 243. The molecule has 0 saturated carbocycles. The number of hydrogen-bond donors (Lipinski definition) is 2. The summed E-state index contributed by atoms with van der Waals surface area (Å²) in [6, 6.07) is 0. The van der Waals surface area contributed by atoms with Crippen LogP contribution in [-0.4, -0.2) is 22.2 Å². The summed E-state index contributed by atoms with van der Waals surface area (Å²) in [5.74, 6) is -2.14. The summed E-state index contributed by atoms with van der Waals surface area (Å²) in [5.41, 5.74) is -0.0292. The van der Waals surface area contributed by atoms with E-state index in [0.29, 0.717) is 6.42 Å². The van der Waals surface area contributed by atoms with Crippen LogP contribution in [0.1, 0.15) is 33.1 Å². The van der Waals surface area contributed by atoms with E-state index < -0.39 is 11.9 Å². The first-order valence-electron chi connectivity index (χ1n) is 4.64. The summed E-state index contributed by atoms with van der Waals surface area (Å²) in [4.78, 5) is 21.0. The Morgan fingerprint density at radius 1 is 1.36 bits per heavy atom. The highest BCUT2D eigenvalue weighted by Crippen LogP contribution is 2.16. The lowest BCUT2D eigenvalue weighted by molar-refractivity contribution is -0.135. The maximum absolute atomic E-state index is 10.6. The average molecular weight is 200 g/mol. The molecule has 0 amide bonds. The fourth-order valence-corrected chi connectivity index (χ4v) is 1.33. The minimum Gasteiger partial charge on any atom is -0.478 e. The molecular formula is C10H16O4. The van der Waals surface area contributed by atoms with Crippen molar-refractivity contribution in [2.24, 2.45) is 5.92 Å². The molecule has 0 aliphatic carbocycles. The lowest BCUT2D eigenvalue weighted by Gasteiger charge is -2.09. The van der Waals surface area contributed by atoms with Gasteiger partial charge < -0.3 is 10.2 Å². The molecule has 0 spiro atoms. The summed E-state index contributed by atoms with van der Waals surface area (Å²) in [6.45, 7) is 3.93. The molecule has 2 N–H and O–H groups in total. The van der Waals surface area contributed by atoms with Crippen LogP contribution in [0.3, 0.4) is 0 Å². The topological polar surface area (TPSA) is 74.6 Å². The highest BCUT2D eigenvalue weighted by Gasteiger charge is 2.13. The van der Waals surface area contributed by atoms with Gasteiger partial charge in [0.15, 0.2) is 0 Å². The van der Waals surface area contributed by atoms with Crippen molar-refractivity contribution in [3.63, 3.8) is 0 Å². The van der Waals surface area contributed by atoms with Crippen molar-refractivity contribution in [3.05, 3.63) is 11.6 Å². The fourth-order valence-electron chi connectivity index (χ4n) is 1.33. The van der Waals surface area contributed by atoms with Gasteiger partial charge in [-0.05, 0) is 12.3 Å². The Labute approximate surface area is 83.2 Å². The maximum atomic E-state index is 10.6. The van der Waals surface area contributed by atoms with Crippen LogP contribution in [0.15, 0.2) is 11.6 Å². The smallest absolute Gasteiger partial charge is 0.331 e. The zero-order valence-electron chi connectivity index (χ0n) is 8.49. The Morgan fingerprint density at radius 2 is 1.93 bits per heavy atom. The third-order valence-corrected chi connectivity index (χ3v) is 1.92. The zero-order chi connectivity index (χ0) is 11.1. The minimum absolute atomic E-state index is 0.0292. The van der Waals surface area contributed by atoms with Crippen molar-refractivity contribution in [2.75, 3.05) is 0 Å². The average Bonchev–Trinajstić information content (AvgIpc) is 2.02. The molecule has 0 fully saturated rings. The van der Waals surface area contributed by atoms with Crippen molar-refractivity contribution in [2.45, 2.75) is 33.1 Å². The van der Waals surface area contributed by atoms with Crippen LogP contribution in [0.25, 0.3) is 0 Å². The Kier molecular flexibility index (Phi) is 5.60. The molecule has 0 saturated heterocycles. The molecule has 1 atom stereocenters. The molecule has 0 heterocycles. The minimum atomic E-state index is -1.20.